The Morgan fingerprint density at radius 2 is 2.00 bits per heavy atom. The summed E-state index contributed by atoms with van der Waals surface area (Å²) >= 11 is 1.43. The van der Waals surface area contributed by atoms with Crippen molar-refractivity contribution in [2.45, 2.75) is 44.7 Å². The number of amides is 1. The van der Waals surface area contributed by atoms with Gasteiger partial charge in [-0.25, -0.2) is 4.98 Å². The normalized spacial score (nSPS) is 17.5. The fraction of sp³-hybridized carbons (Fsp3) is 0.391. The van der Waals surface area contributed by atoms with E-state index < -0.39 is 0 Å². The van der Waals surface area contributed by atoms with Gasteiger partial charge in [-0.3, -0.25) is 9.69 Å². The second-order valence-electron chi connectivity index (χ2n) is 8.15. The minimum atomic E-state index is -0.0489. The molecule has 0 saturated carbocycles. The van der Waals surface area contributed by atoms with Crippen molar-refractivity contribution in [1.82, 2.24) is 15.2 Å². The molecule has 1 aliphatic heterocycles. The van der Waals surface area contributed by atoms with Gasteiger partial charge in [0.25, 0.3) is 5.91 Å². The van der Waals surface area contributed by atoms with E-state index in [2.05, 4.69) is 40.5 Å². The van der Waals surface area contributed by atoms with Gasteiger partial charge in [0, 0.05) is 36.8 Å². The number of thiophene rings is 1. The van der Waals surface area contributed by atoms with E-state index in [9.17, 15) is 4.79 Å². The second kappa shape index (κ2) is 7.76. The Kier molecular flexibility index (Phi) is 4.97. The van der Waals surface area contributed by atoms with Gasteiger partial charge >= 0.3 is 0 Å². The maximum absolute atomic E-state index is 12.9. The van der Waals surface area contributed by atoms with Crippen molar-refractivity contribution in [2.24, 2.45) is 0 Å². The molecule has 29 heavy (non-hydrogen) atoms. The molecule has 2 aliphatic rings. The average molecular weight is 407 g/mol. The summed E-state index contributed by atoms with van der Waals surface area (Å²) in [5, 5.41) is 4.16. The van der Waals surface area contributed by atoms with E-state index in [1.165, 1.54) is 28.2 Å². The molecule has 2 aromatic heterocycles. The lowest BCUT2D eigenvalue weighted by Gasteiger charge is -2.32. The van der Waals surface area contributed by atoms with Crippen molar-refractivity contribution in [1.29, 1.82) is 0 Å². The SMILES string of the molecule is Nc1c(C(=O)NC2CCN(Cc3ccccc3)CC2)sc2nc3c(cc12)CCC3. The summed E-state index contributed by atoms with van der Waals surface area (Å²) in [6.45, 7) is 2.97. The van der Waals surface area contributed by atoms with E-state index in [4.69, 9.17) is 10.7 Å². The molecule has 1 aliphatic carbocycles. The highest BCUT2D eigenvalue weighted by molar-refractivity contribution is 7.21. The van der Waals surface area contributed by atoms with Gasteiger partial charge in [0.2, 0.25) is 0 Å². The highest BCUT2D eigenvalue weighted by Gasteiger charge is 2.25. The first-order valence-corrected chi connectivity index (χ1v) is 11.3. The lowest BCUT2D eigenvalue weighted by molar-refractivity contribution is 0.0914. The smallest absolute Gasteiger partial charge is 0.263 e. The van der Waals surface area contributed by atoms with E-state index in [1.54, 1.807) is 0 Å². The minimum absolute atomic E-state index is 0.0489. The van der Waals surface area contributed by atoms with Gasteiger partial charge in [0.15, 0.2) is 0 Å². The minimum Gasteiger partial charge on any atom is -0.397 e. The van der Waals surface area contributed by atoms with Crippen LogP contribution in [0.5, 0.6) is 0 Å². The molecule has 150 valence electrons. The van der Waals surface area contributed by atoms with Crippen LogP contribution in [0.25, 0.3) is 10.2 Å². The molecule has 1 amide bonds. The maximum Gasteiger partial charge on any atom is 0.263 e. The zero-order valence-corrected chi connectivity index (χ0v) is 17.3. The molecule has 5 nitrogen and oxygen atoms in total. The summed E-state index contributed by atoms with van der Waals surface area (Å²) in [6, 6.07) is 12.9. The number of hydrogen-bond acceptors (Lipinski definition) is 5. The molecule has 6 heteroatoms. The number of nitrogens with two attached hydrogens (primary N) is 1. The topological polar surface area (TPSA) is 71.2 Å². The van der Waals surface area contributed by atoms with Gasteiger partial charge < -0.3 is 11.1 Å². The van der Waals surface area contributed by atoms with E-state index in [0.717, 1.165) is 62.0 Å². The number of aryl methyl sites for hydroxylation is 2. The molecule has 1 fully saturated rings. The van der Waals surface area contributed by atoms with Crippen molar-refractivity contribution >= 4 is 33.1 Å². The van der Waals surface area contributed by atoms with Crippen LogP contribution in [0.3, 0.4) is 0 Å². The molecule has 0 atom stereocenters. The standard InChI is InChI=1S/C23H26N4OS/c24-20-18-13-16-7-4-8-19(16)26-23(18)29-21(20)22(28)25-17-9-11-27(12-10-17)14-15-5-2-1-3-6-15/h1-3,5-6,13,17H,4,7-12,14,24H2,(H,25,28). The fourth-order valence-corrected chi connectivity index (χ4v) is 5.49. The quantitative estimate of drug-likeness (QED) is 0.692. The monoisotopic (exact) mass is 406 g/mol. The summed E-state index contributed by atoms with van der Waals surface area (Å²) < 4.78 is 0. The number of carbonyl (C=O) groups excluding carboxylic acids is 1. The van der Waals surface area contributed by atoms with Gasteiger partial charge in [-0.2, -0.15) is 0 Å². The van der Waals surface area contributed by atoms with Gasteiger partial charge in [0.1, 0.15) is 9.71 Å². The number of nitrogens with zero attached hydrogens (tertiary/aromatic N) is 2. The van der Waals surface area contributed by atoms with Crippen LogP contribution >= 0.6 is 11.3 Å². The Morgan fingerprint density at radius 1 is 1.21 bits per heavy atom. The highest BCUT2D eigenvalue weighted by Crippen LogP contribution is 2.35. The highest BCUT2D eigenvalue weighted by atomic mass is 32.1. The summed E-state index contributed by atoms with van der Waals surface area (Å²) in [5.74, 6) is -0.0489. The zero-order valence-electron chi connectivity index (χ0n) is 16.5. The van der Waals surface area contributed by atoms with Crippen LogP contribution in [-0.4, -0.2) is 34.9 Å². The molecule has 1 saturated heterocycles. The molecular weight excluding hydrogens is 380 g/mol. The predicted molar refractivity (Wildman–Crippen MR) is 118 cm³/mol. The number of nitrogen functional groups attached to an aromatic ring is 1. The zero-order chi connectivity index (χ0) is 19.8. The van der Waals surface area contributed by atoms with E-state index in [0.29, 0.717) is 10.6 Å². The first kappa shape index (κ1) is 18.6. The van der Waals surface area contributed by atoms with Crippen molar-refractivity contribution in [3.8, 4) is 0 Å². The number of carbonyl (C=O) groups is 1. The first-order valence-electron chi connectivity index (χ1n) is 10.5. The van der Waals surface area contributed by atoms with Crippen molar-refractivity contribution < 1.29 is 4.79 Å². The molecule has 3 aromatic rings. The molecule has 3 N–H and O–H groups in total. The van der Waals surface area contributed by atoms with Gasteiger partial charge in [-0.15, -0.1) is 11.3 Å². The number of piperidine rings is 1. The number of anilines is 1. The molecule has 5 rings (SSSR count). The Labute approximate surface area is 174 Å². The fourth-order valence-electron chi connectivity index (χ4n) is 4.49. The van der Waals surface area contributed by atoms with E-state index in [-0.39, 0.29) is 11.9 Å². The Morgan fingerprint density at radius 3 is 2.79 bits per heavy atom. The number of pyridine rings is 1. The van der Waals surface area contributed by atoms with Crippen LogP contribution in [0.15, 0.2) is 36.4 Å². The van der Waals surface area contributed by atoms with E-state index >= 15 is 0 Å². The van der Waals surface area contributed by atoms with Gasteiger partial charge in [0.05, 0.1) is 5.69 Å². The van der Waals surface area contributed by atoms with Crippen molar-refractivity contribution in [3.63, 3.8) is 0 Å². The lowest BCUT2D eigenvalue weighted by Crippen LogP contribution is -2.44. The number of nitrogens with one attached hydrogen (secondary N) is 1. The number of hydrogen-bond donors (Lipinski definition) is 2. The molecule has 0 bridgehead atoms. The molecular formula is C23H26N4OS. The molecule has 0 spiro atoms. The largest absolute Gasteiger partial charge is 0.397 e. The predicted octanol–water partition coefficient (Wildman–Crippen LogP) is 3.76. The summed E-state index contributed by atoms with van der Waals surface area (Å²) in [4.78, 5) is 21.6. The third-order valence-corrected chi connectivity index (χ3v) is 7.24. The third-order valence-electron chi connectivity index (χ3n) is 6.13. The van der Waals surface area contributed by atoms with Crippen LogP contribution in [0.4, 0.5) is 5.69 Å². The van der Waals surface area contributed by atoms with Crippen LogP contribution in [0.1, 0.15) is 45.8 Å². The maximum atomic E-state index is 12.9. The molecule has 0 unspecified atom stereocenters. The summed E-state index contributed by atoms with van der Waals surface area (Å²) in [5.41, 5.74) is 10.7. The number of rotatable bonds is 4. The number of fused-ring (bicyclic) bond motifs is 2. The van der Waals surface area contributed by atoms with Crippen LogP contribution < -0.4 is 11.1 Å². The number of aromatic nitrogens is 1. The number of benzene rings is 1. The van der Waals surface area contributed by atoms with Crippen molar-refractivity contribution in [2.75, 3.05) is 18.8 Å². The van der Waals surface area contributed by atoms with Crippen molar-refractivity contribution in [3.05, 3.63) is 58.1 Å². The third kappa shape index (κ3) is 3.74. The molecule has 0 radical (unpaired) electrons. The summed E-state index contributed by atoms with van der Waals surface area (Å²) in [6.07, 6.45) is 5.20. The van der Waals surface area contributed by atoms with Gasteiger partial charge in [-0.05, 0) is 49.3 Å². The molecule has 3 heterocycles. The first-order chi connectivity index (χ1) is 14.2. The van der Waals surface area contributed by atoms with E-state index in [1.807, 2.05) is 6.07 Å². The number of likely N-dealkylation sites (tertiary alicyclic amines) is 1. The molecule has 1 aromatic carbocycles. The Balaban J connectivity index is 1.23. The Bertz CT molecular complexity index is 1040. The Hall–Kier alpha value is -2.44. The lowest BCUT2D eigenvalue weighted by atomic mass is 10.0. The second-order valence-corrected chi connectivity index (χ2v) is 9.15. The van der Waals surface area contributed by atoms with Crippen LogP contribution in [0.2, 0.25) is 0 Å². The van der Waals surface area contributed by atoms with Crippen LogP contribution in [0, 0.1) is 0 Å². The van der Waals surface area contributed by atoms with Gasteiger partial charge in [-0.1, -0.05) is 30.3 Å². The summed E-state index contributed by atoms with van der Waals surface area (Å²) in [7, 11) is 0. The average Bonchev–Trinajstić information content (AvgIpc) is 3.32. The van der Waals surface area contributed by atoms with Crippen LogP contribution in [-0.2, 0) is 19.4 Å².